The summed E-state index contributed by atoms with van der Waals surface area (Å²) in [5.74, 6) is -0.451. The van der Waals surface area contributed by atoms with Crippen LogP contribution in [0.2, 0.25) is 0 Å². The van der Waals surface area contributed by atoms with E-state index < -0.39 is 10.7 Å². The van der Waals surface area contributed by atoms with Gasteiger partial charge in [0.1, 0.15) is 5.82 Å². The van der Waals surface area contributed by atoms with Crippen molar-refractivity contribution in [1.82, 2.24) is 10.6 Å². The summed E-state index contributed by atoms with van der Waals surface area (Å²) in [4.78, 5) is 10.3. The van der Waals surface area contributed by atoms with Gasteiger partial charge < -0.3 is 10.6 Å². The Morgan fingerprint density at radius 1 is 1.44 bits per heavy atom. The van der Waals surface area contributed by atoms with E-state index in [1.807, 2.05) is 0 Å². The molecule has 2 rings (SSSR count). The van der Waals surface area contributed by atoms with Gasteiger partial charge in [-0.05, 0) is 12.1 Å². The highest BCUT2D eigenvalue weighted by Crippen LogP contribution is 2.26. The van der Waals surface area contributed by atoms with E-state index in [1.54, 1.807) is 0 Å². The standard InChI is InChI=1S/C10H12FN3O2/c11-7-1-2-10(14(15)16)8(5-7)9-6-12-3-4-13-9/h1-2,5,9,12-13H,3-4,6H2/t9-/m0/s1. The number of benzene rings is 1. The van der Waals surface area contributed by atoms with Crippen LogP contribution in [0, 0.1) is 15.9 Å². The third-order valence-corrected chi connectivity index (χ3v) is 2.60. The lowest BCUT2D eigenvalue weighted by molar-refractivity contribution is -0.385. The molecule has 0 radical (unpaired) electrons. The summed E-state index contributed by atoms with van der Waals surface area (Å²) in [6.45, 7) is 2.11. The van der Waals surface area contributed by atoms with E-state index in [0.29, 0.717) is 12.1 Å². The van der Waals surface area contributed by atoms with Crippen LogP contribution in [0.1, 0.15) is 11.6 Å². The molecule has 0 aliphatic carbocycles. The van der Waals surface area contributed by atoms with E-state index in [-0.39, 0.29) is 11.7 Å². The van der Waals surface area contributed by atoms with Crippen molar-refractivity contribution >= 4 is 5.69 Å². The van der Waals surface area contributed by atoms with E-state index in [9.17, 15) is 14.5 Å². The minimum atomic E-state index is -0.481. The predicted molar refractivity (Wildman–Crippen MR) is 56.7 cm³/mol. The molecule has 86 valence electrons. The monoisotopic (exact) mass is 225 g/mol. The van der Waals surface area contributed by atoms with E-state index in [0.717, 1.165) is 19.2 Å². The van der Waals surface area contributed by atoms with E-state index in [1.165, 1.54) is 12.1 Å². The smallest absolute Gasteiger partial charge is 0.274 e. The van der Waals surface area contributed by atoms with Gasteiger partial charge in [0.25, 0.3) is 5.69 Å². The average molecular weight is 225 g/mol. The first-order chi connectivity index (χ1) is 7.68. The number of hydrogen-bond donors (Lipinski definition) is 2. The predicted octanol–water partition coefficient (Wildman–Crippen LogP) is 0.968. The third kappa shape index (κ3) is 2.17. The van der Waals surface area contributed by atoms with Crippen molar-refractivity contribution in [3.63, 3.8) is 0 Å². The number of halogens is 1. The molecule has 1 aromatic carbocycles. The van der Waals surface area contributed by atoms with Crippen LogP contribution < -0.4 is 10.6 Å². The summed E-state index contributed by atoms with van der Waals surface area (Å²) in [6.07, 6.45) is 0. The summed E-state index contributed by atoms with van der Waals surface area (Å²) < 4.78 is 13.1. The second-order valence-electron chi connectivity index (χ2n) is 3.67. The van der Waals surface area contributed by atoms with Gasteiger partial charge in [0.2, 0.25) is 0 Å². The Morgan fingerprint density at radius 2 is 2.25 bits per heavy atom. The Labute approximate surface area is 91.8 Å². The lowest BCUT2D eigenvalue weighted by atomic mass is 10.0. The second kappa shape index (κ2) is 4.54. The number of nitrogens with one attached hydrogen (secondary N) is 2. The maximum absolute atomic E-state index is 13.1. The van der Waals surface area contributed by atoms with E-state index >= 15 is 0 Å². The van der Waals surface area contributed by atoms with Gasteiger partial charge in [0, 0.05) is 25.7 Å². The SMILES string of the molecule is O=[N+]([O-])c1ccc(F)cc1[C@@H]1CNCCN1. The Bertz CT molecular complexity index is 405. The van der Waals surface area contributed by atoms with Gasteiger partial charge in [-0.2, -0.15) is 0 Å². The molecule has 5 nitrogen and oxygen atoms in total. The average Bonchev–Trinajstić information content (AvgIpc) is 2.29. The summed E-state index contributed by atoms with van der Waals surface area (Å²) in [5, 5.41) is 17.0. The summed E-state index contributed by atoms with van der Waals surface area (Å²) in [6, 6.07) is 3.34. The van der Waals surface area contributed by atoms with Gasteiger partial charge >= 0.3 is 0 Å². The molecule has 0 spiro atoms. The first-order valence-electron chi connectivity index (χ1n) is 5.06. The van der Waals surface area contributed by atoms with Crippen molar-refractivity contribution in [1.29, 1.82) is 0 Å². The molecule has 1 fully saturated rings. The van der Waals surface area contributed by atoms with Gasteiger partial charge in [-0.3, -0.25) is 10.1 Å². The molecule has 1 atom stereocenters. The minimum Gasteiger partial charge on any atom is -0.314 e. The Balaban J connectivity index is 2.36. The van der Waals surface area contributed by atoms with E-state index in [2.05, 4.69) is 10.6 Å². The normalized spacial score (nSPS) is 20.7. The van der Waals surface area contributed by atoms with Gasteiger partial charge in [0.05, 0.1) is 16.5 Å². The molecule has 0 bridgehead atoms. The molecule has 1 aliphatic heterocycles. The molecule has 1 aliphatic rings. The Morgan fingerprint density at radius 3 is 2.88 bits per heavy atom. The number of piperazine rings is 1. The molecular weight excluding hydrogens is 213 g/mol. The van der Waals surface area contributed by atoms with Gasteiger partial charge in [0.15, 0.2) is 0 Å². The third-order valence-electron chi connectivity index (χ3n) is 2.60. The highest BCUT2D eigenvalue weighted by Gasteiger charge is 2.23. The van der Waals surface area contributed by atoms with Crippen LogP contribution in [0.15, 0.2) is 18.2 Å². The Kier molecular flexibility index (Phi) is 3.12. The van der Waals surface area contributed by atoms with Crippen LogP contribution in [0.3, 0.4) is 0 Å². The number of rotatable bonds is 2. The molecule has 2 N–H and O–H groups in total. The first kappa shape index (κ1) is 11.0. The summed E-state index contributed by atoms with van der Waals surface area (Å²) >= 11 is 0. The van der Waals surface area contributed by atoms with Crippen LogP contribution >= 0.6 is 0 Å². The molecule has 0 unspecified atom stereocenters. The van der Waals surface area contributed by atoms with Crippen LogP contribution in [0.25, 0.3) is 0 Å². The summed E-state index contributed by atoms with van der Waals surface area (Å²) in [5.41, 5.74) is 0.361. The van der Waals surface area contributed by atoms with Crippen LogP contribution in [0.4, 0.5) is 10.1 Å². The molecule has 0 amide bonds. The van der Waals surface area contributed by atoms with Crippen molar-refractivity contribution in [2.45, 2.75) is 6.04 Å². The van der Waals surface area contributed by atoms with Gasteiger partial charge in [-0.1, -0.05) is 0 Å². The van der Waals surface area contributed by atoms with Crippen molar-refractivity contribution in [3.05, 3.63) is 39.7 Å². The fourth-order valence-electron chi connectivity index (χ4n) is 1.84. The van der Waals surface area contributed by atoms with E-state index in [4.69, 9.17) is 0 Å². The fraction of sp³-hybridized carbons (Fsp3) is 0.400. The second-order valence-corrected chi connectivity index (χ2v) is 3.67. The molecule has 1 aromatic rings. The highest BCUT2D eigenvalue weighted by molar-refractivity contribution is 5.42. The van der Waals surface area contributed by atoms with Crippen LogP contribution in [-0.4, -0.2) is 24.6 Å². The number of hydrogen-bond acceptors (Lipinski definition) is 4. The highest BCUT2D eigenvalue weighted by atomic mass is 19.1. The Hall–Kier alpha value is -1.53. The van der Waals surface area contributed by atoms with Crippen LogP contribution in [0.5, 0.6) is 0 Å². The quantitative estimate of drug-likeness (QED) is 0.581. The molecule has 0 saturated carbocycles. The zero-order valence-electron chi connectivity index (χ0n) is 8.57. The zero-order valence-corrected chi connectivity index (χ0v) is 8.57. The lowest BCUT2D eigenvalue weighted by Crippen LogP contribution is -2.42. The molecule has 16 heavy (non-hydrogen) atoms. The first-order valence-corrected chi connectivity index (χ1v) is 5.06. The van der Waals surface area contributed by atoms with Crippen LogP contribution in [-0.2, 0) is 0 Å². The molecule has 0 aromatic heterocycles. The number of nitrogens with zero attached hydrogens (tertiary/aromatic N) is 1. The maximum atomic E-state index is 13.1. The number of nitro benzene ring substituents is 1. The molecule has 1 saturated heterocycles. The van der Waals surface area contributed by atoms with Crippen molar-refractivity contribution in [3.8, 4) is 0 Å². The topological polar surface area (TPSA) is 67.2 Å². The largest absolute Gasteiger partial charge is 0.314 e. The minimum absolute atomic E-state index is 0.0393. The van der Waals surface area contributed by atoms with Gasteiger partial charge in [-0.25, -0.2) is 4.39 Å². The zero-order chi connectivity index (χ0) is 11.5. The van der Waals surface area contributed by atoms with Crippen molar-refractivity contribution in [2.24, 2.45) is 0 Å². The summed E-state index contributed by atoms with van der Waals surface area (Å²) in [7, 11) is 0. The molecule has 6 heteroatoms. The fourth-order valence-corrected chi connectivity index (χ4v) is 1.84. The van der Waals surface area contributed by atoms with Gasteiger partial charge in [-0.15, -0.1) is 0 Å². The van der Waals surface area contributed by atoms with Crippen molar-refractivity contribution < 1.29 is 9.31 Å². The number of nitro groups is 1. The lowest BCUT2D eigenvalue weighted by Gasteiger charge is -2.24. The molecule has 1 heterocycles. The molecular formula is C10H12FN3O2. The van der Waals surface area contributed by atoms with Crippen molar-refractivity contribution in [2.75, 3.05) is 19.6 Å². The maximum Gasteiger partial charge on any atom is 0.274 e.